The van der Waals surface area contributed by atoms with Crippen LogP contribution in [0, 0.1) is 3.57 Å². The van der Waals surface area contributed by atoms with Crippen molar-refractivity contribution >= 4 is 74.8 Å². The highest BCUT2D eigenvalue weighted by molar-refractivity contribution is 14.1. The molecule has 10 heteroatoms. The second-order valence-electron chi connectivity index (χ2n) is 6.06. The average molecular weight is 559 g/mol. The van der Waals surface area contributed by atoms with E-state index < -0.39 is 23.6 Å². The summed E-state index contributed by atoms with van der Waals surface area (Å²) in [5, 5.41) is 2.45. The molecule has 1 fully saturated rings. The van der Waals surface area contributed by atoms with E-state index in [0.717, 1.165) is 31.5 Å². The Hall–Kier alpha value is -2.24. The molecular formula is C20H16ClIN2O5S. The summed E-state index contributed by atoms with van der Waals surface area (Å²) in [4.78, 5) is 38.4. The Morgan fingerprint density at radius 3 is 2.50 bits per heavy atom. The molecular weight excluding hydrogens is 543 g/mol. The number of hydrogen-bond donors (Lipinski definition) is 1. The highest BCUT2D eigenvalue weighted by Gasteiger charge is 2.36. The number of nitrogens with zero attached hydrogens (tertiary/aromatic N) is 1. The van der Waals surface area contributed by atoms with Crippen LogP contribution >= 0.6 is 46.0 Å². The topological polar surface area (TPSA) is 84.9 Å². The van der Waals surface area contributed by atoms with Gasteiger partial charge in [0.05, 0.1) is 27.7 Å². The summed E-state index contributed by atoms with van der Waals surface area (Å²) in [7, 11) is 3.06. The number of imide groups is 1. The maximum absolute atomic E-state index is 12.6. The van der Waals surface area contributed by atoms with Crippen molar-refractivity contribution in [1.82, 2.24) is 4.90 Å². The van der Waals surface area contributed by atoms with Gasteiger partial charge in [-0.3, -0.25) is 19.3 Å². The summed E-state index contributed by atoms with van der Waals surface area (Å²) in [6.07, 6.45) is 1.62. The smallest absolute Gasteiger partial charge is 0.294 e. The average Bonchev–Trinajstić information content (AvgIpc) is 2.95. The molecule has 1 N–H and O–H groups in total. The minimum absolute atomic E-state index is 0.251. The number of carbonyl (C=O) groups excluding carboxylic acids is 3. The lowest BCUT2D eigenvalue weighted by molar-refractivity contribution is -0.127. The highest BCUT2D eigenvalue weighted by atomic mass is 127. The van der Waals surface area contributed by atoms with Crippen molar-refractivity contribution in [2.45, 2.75) is 0 Å². The fraction of sp³-hybridized carbons (Fsp3) is 0.150. The van der Waals surface area contributed by atoms with Gasteiger partial charge in [0.25, 0.3) is 11.1 Å². The van der Waals surface area contributed by atoms with E-state index in [1.165, 1.54) is 13.2 Å². The van der Waals surface area contributed by atoms with Crippen LogP contribution in [0.4, 0.5) is 10.5 Å². The monoisotopic (exact) mass is 558 g/mol. The van der Waals surface area contributed by atoms with Crippen LogP contribution in [-0.2, 0) is 9.59 Å². The standard InChI is InChI=1S/C20H16ClIN2O5S/c1-28-15-6-4-12(9-13(15)21)23-18(25)10-24-19(26)17(30-20(24)27)8-11-3-5-16(29-2)14(22)7-11/h3-9H,10H2,1-2H3,(H,23,25)/b17-8-. The van der Waals surface area contributed by atoms with Gasteiger partial charge in [0.2, 0.25) is 5.91 Å². The van der Waals surface area contributed by atoms with E-state index >= 15 is 0 Å². The lowest BCUT2D eigenvalue weighted by Gasteiger charge is -2.13. The van der Waals surface area contributed by atoms with Crippen LogP contribution in [0.5, 0.6) is 11.5 Å². The molecule has 0 unspecified atom stereocenters. The summed E-state index contributed by atoms with van der Waals surface area (Å²) in [6.45, 7) is -0.397. The Morgan fingerprint density at radius 2 is 1.87 bits per heavy atom. The number of nitrogens with one attached hydrogen (secondary N) is 1. The molecule has 0 spiro atoms. The van der Waals surface area contributed by atoms with Crippen molar-refractivity contribution in [3.8, 4) is 11.5 Å². The molecule has 1 aliphatic rings. The molecule has 1 aliphatic heterocycles. The van der Waals surface area contributed by atoms with Crippen molar-refractivity contribution in [1.29, 1.82) is 0 Å². The first kappa shape index (κ1) is 22.4. The van der Waals surface area contributed by atoms with E-state index in [9.17, 15) is 14.4 Å². The largest absolute Gasteiger partial charge is 0.496 e. The Kier molecular flexibility index (Phi) is 7.27. The summed E-state index contributed by atoms with van der Waals surface area (Å²) >= 11 is 8.96. The Morgan fingerprint density at radius 1 is 1.17 bits per heavy atom. The maximum Gasteiger partial charge on any atom is 0.294 e. The van der Waals surface area contributed by atoms with E-state index in [-0.39, 0.29) is 4.91 Å². The molecule has 1 heterocycles. The van der Waals surface area contributed by atoms with Gasteiger partial charge in [0.15, 0.2) is 0 Å². The molecule has 30 heavy (non-hydrogen) atoms. The fourth-order valence-electron chi connectivity index (χ4n) is 2.65. The summed E-state index contributed by atoms with van der Waals surface area (Å²) in [5.41, 5.74) is 1.18. The van der Waals surface area contributed by atoms with E-state index in [1.807, 2.05) is 6.07 Å². The number of anilines is 1. The van der Waals surface area contributed by atoms with Crippen LogP contribution in [0.25, 0.3) is 6.08 Å². The van der Waals surface area contributed by atoms with Crippen molar-refractivity contribution in [3.05, 3.63) is 55.5 Å². The molecule has 3 amide bonds. The van der Waals surface area contributed by atoms with Crippen molar-refractivity contribution in [2.75, 3.05) is 26.1 Å². The van der Waals surface area contributed by atoms with E-state index in [1.54, 1.807) is 37.5 Å². The first-order valence-electron chi connectivity index (χ1n) is 8.54. The third-order valence-electron chi connectivity index (χ3n) is 4.08. The first-order valence-corrected chi connectivity index (χ1v) is 10.8. The molecule has 0 aromatic heterocycles. The zero-order valence-electron chi connectivity index (χ0n) is 15.9. The van der Waals surface area contributed by atoms with Crippen molar-refractivity contribution in [3.63, 3.8) is 0 Å². The van der Waals surface area contributed by atoms with Crippen LogP contribution < -0.4 is 14.8 Å². The number of hydrogen-bond acceptors (Lipinski definition) is 6. The zero-order chi connectivity index (χ0) is 21.8. The van der Waals surface area contributed by atoms with Crippen LogP contribution in [0.15, 0.2) is 41.3 Å². The molecule has 0 radical (unpaired) electrons. The highest BCUT2D eigenvalue weighted by Crippen LogP contribution is 2.33. The van der Waals surface area contributed by atoms with Crippen LogP contribution in [-0.4, -0.2) is 42.7 Å². The third kappa shape index (κ3) is 5.08. The Labute approximate surface area is 195 Å². The predicted molar refractivity (Wildman–Crippen MR) is 125 cm³/mol. The second kappa shape index (κ2) is 9.71. The Bertz CT molecular complexity index is 1060. The number of ether oxygens (including phenoxy) is 2. The lowest BCUT2D eigenvalue weighted by Crippen LogP contribution is -2.36. The van der Waals surface area contributed by atoms with Gasteiger partial charge in [-0.25, -0.2) is 0 Å². The Balaban J connectivity index is 1.69. The van der Waals surface area contributed by atoms with Gasteiger partial charge in [-0.15, -0.1) is 0 Å². The van der Waals surface area contributed by atoms with Crippen LogP contribution in [0.3, 0.4) is 0 Å². The summed E-state index contributed by atoms with van der Waals surface area (Å²) < 4.78 is 11.2. The molecule has 2 aromatic rings. The molecule has 0 bridgehead atoms. The molecule has 1 saturated heterocycles. The van der Waals surface area contributed by atoms with E-state index in [2.05, 4.69) is 27.9 Å². The number of amides is 3. The molecule has 0 atom stereocenters. The number of methoxy groups -OCH3 is 2. The van der Waals surface area contributed by atoms with Crippen LogP contribution in [0.1, 0.15) is 5.56 Å². The van der Waals surface area contributed by atoms with Gasteiger partial charge in [-0.2, -0.15) is 0 Å². The molecule has 156 valence electrons. The van der Waals surface area contributed by atoms with Gasteiger partial charge in [-0.1, -0.05) is 17.7 Å². The van der Waals surface area contributed by atoms with Crippen molar-refractivity contribution in [2.24, 2.45) is 0 Å². The summed E-state index contributed by atoms with van der Waals surface area (Å²) in [6, 6.07) is 10.2. The number of benzene rings is 2. The maximum atomic E-state index is 12.6. The second-order valence-corrected chi connectivity index (χ2v) is 8.62. The quantitative estimate of drug-likeness (QED) is 0.411. The predicted octanol–water partition coefficient (Wildman–Crippen LogP) is 4.64. The van der Waals surface area contributed by atoms with Gasteiger partial charge >= 0.3 is 0 Å². The molecule has 0 aliphatic carbocycles. The molecule has 7 nitrogen and oxygen atoms in total. The third-order valence-corrected chi connectivity index (χ3v) is 6.13. The molecule has 3 rings (SSSR count). The molecule has 0 saturated carbocycles. The number of halogens is 2. The van der Waals surface area contributed by atoms with Crippen LogP contribution in [0.2, 0.25) is 5.02 Å². The minimum atomic E-state index is -0.515. The minimum Gasteiger partial charge on any atom is -0.496 e. The lowest BCUT2D eigenvalue weighted by atomic mass is 10.2. The van der Waals surface area contributed by atoms with E-state index in [0.29, 0.717) is 16.5 Å². The van der Waals surface area contributed by atoms with Gasteiger partial charge in [-0.05, 0) is 76.3 Å². The number of carbonyl (C=O) groups is 3. The number of rotatable bonds is 6. The van der Waals surface area contributed by atoms with Gasteiger partial charge in [0.1, 0.15) is 18.0 Å². The van der Waals surface area contributed by atoms with Gasteiger partial charge in [0, 0.05) is 5.69 Å². The van der Waals surface area contributed by atoms with E-state index in [4.69, 9.17) is 21.1 Å². The SMILES string of the molecule is COc1ccc(NC(=O)CN2C(=O)S/C(=C\c3ccc(OC)c(I)c3)C2=O)cc1Cl. The molecule has 2 aromatic carbocycles. The summed E-state index contributed by atoms with van der Waals surface area (Å²) in [5.74, 6) is 0.160. The fourth-order valence-corrected chi connectivity index (χ4v) is 4.50. The van der Waals surface area contributed by atoms with Gasteiger partial charge < -0.3 is 14.8 Å². The van der Waals surface area contributed by atoms with Crippen molar-refractivity contribution < 1.29 is 23.9 Å². The first-order chi connectivity index (χ1) is 14.3. The number of thioether (sulfide) groups is 1. The normalized spacial score (nSPS) is 14.9. The zero-order valence-corrected chi connectivity index (χ0v) is 19.6.